The summed E-state index contributed by atoms with van der Waals surface area (Å²) in [6.07, 6.45) is 1.61. The average molecular weight is 236 g/mol. The summed E-state index contributed by atoms with van der Waals surface area (Å²) in [6, 6.07) is 0. The molecule has 1 aromatic heterocycles. The van der Waals surface area contributed by atoms with Crippen LogP contribution in [0.5, 0.6) is 0 Å². The van der Waals surface area contributed by atoms with Gasteiger partial charge in [0.05, 0.1) is 9.98 Å². The fourth-order valence-corrected chi connectivity index (χ4v) is 1.86. The second-order valence-corrected chi connectivity index (χ2v) is 4.50. The Labute approximate surface area is 76.2 Å². The van der Waals surface area contributed by atoms with Crippen LogP contribution < -0.4 is 0 Å². The van der Waals surface area contributed by atoms with Crippen molar-refractivity contribution in [3.05, 3.63) is 15.0 Å². The van der Waals surface area contributed by atoms with Crippen molar-refractivity contribution >= 4 is 33.2 Å². The molecule has 0 aliphatic carbocycles. The molecule has 0 bridgehead atoms. The molecule has 1 aromatic rings. The molecule has 11 heavy (non-hydrogen) atoms. The molecule has 60 valence electrons. The third kappa shape index (κ3) is 2.00. The monoisotopic (exact) mass is 235 g/mol. The first-order chi connectivity index (χ1) is 5.11. The number of aromatic nitrogens is 1. The molecule has 0 spiro atoms. The van der Waals surface area contributed by atoms with Gasteiger partial charge in [0, 0.05) is 0 Å². The van der Waals surface area contributed by atoms with Crippen molar-refractivity contribution in [3.63, 3.8) is 0 Å². The molecule has 5 heteroatoms. The summed E-state index contributed by atoms with van der Waals surface area (Å²) in [7, 11) is 0. The molecule has 0 saturated carbocycles. The van der Waals surface area contributed by atoms with Crippen LogP contribution in [0.2, 0.25) is 0 Å². The lowest BCUT2D eigenvalue weighted by Crippen LogP contribution is -2.06. The van der Waals surface area contributed by atoms with E-state index in [4.69, 9.17) is 5.11 Å². The minimum Gasteiger partial charge on any atom is -0.481 e. The van der Waals surface area contributed by atoms with Crippen molar-refractivity contribution in [2.75, 3.05) is 0 Å². The lowest BCUT2D eigenvalue weighted by Gasteiger charge is -1.98. The number of carbonyl (C=O) groups is 1. The zero-order valence-corrected chi connectivity index (χ0v) is 8.15. The van der Waals surface area contributed by atoms with Crippen LogP contribution in [-0.2, 0) is 4.79 Å². The van der Waals surface area contributed by atoms with E-state index in [-0.39, 0.29) is 0 Å². The Hall–Kier alpha value is -0.420. The van der Waals surface area contributed by atoms with Gasteiger partial charge in [-0.3, -0.25) is 4.79 Å². The van der Waals surface area contributed by atoms with Gasteiger partial charge in [0.1, 0.15) is 10.9 Å². The number of nitrogens with zero attached hydrogens (tertiary/aromatic N) is 1. The molecule has 1 N–H and O–H groups in total. The fourth-order valence-electron chi connectivity index (χ4n) is 0.573. The zero-order chi connectivity index (χ0) is 8.43. The largest absolute Gasteiger partial charge is 0.481 e. The van der Waals surface area contributed by atoms with Crippen molar-refractivity contribution in [2.45, 2.75) is 12.8 Å². The summed E-state index contributed by atoms with van der Waals surface area (Å²) >= 11 is 4.56. The quantitative estimate of drug-likeness (QED) is 0.855. The first kappa shape index (κ1) is 8.67. The van der Waals surface area contributed by atoms with Gasteiger partial charge >= 0.3 is 5.97 Å². The van der Waals surface area contributed by atoms with E-state index < -0.39 is 11.9 Å². The van der Waals surface area contributed by atoms with Gasteiger partial charge in [-0.25, -0.2) is 4.98 Å². The van der Waals surface area contributed by atoms with Crippen molar-refractivity contribution in [1.29, 1.82) is 0 Å². The molecule has 0 fully saturated rings. The predicted molar refractivity (Wildman–Crippen MR) is 45.9 cm³/mol. The van der Waals surface area contributed by atoms with Gasteiger partial charge in [-0.2, -0.15) is 0 Å². The molecule has 3 nitrogen and oxygen atoms in total. The summed E-state index contributed by atoms with van der Waals surface area (Å²) < 4.78 is 0.862. The molecule has 0 saturated heterocycles. The minimum absolute atomic E-state index is 0.508. The normalized spacial score (nSPS) is 12.9. The van der Waals surface area contributed by atoms with Crippen LogP contribution in [0.1, 0.15) is 17.8 Å². The molecule has 1 atom stereocenters. The molecule has 0 aromatic carbocycles. The second-order valence-electron chi connectivity index (χ2n) is 2.06. The van der Waals surface area contributed by atoms with Crippen molar-refractivity contribution in [3.8, 4) is 0 Å². The first-order valence-electron chi connectivity index (χ1n) is 2.95. The predicted octanol–water partition coefficient (Wildman–Crippen LogP) is 2.09. The minimum atomic E-state index is -0.841. The Bertz CT molecular complexity index is 273. The number of halogens is 1. The summed E-state index contributed by atoms with van der Waals surface area (Å²) in [4.78, 5) is 14.4. The van der Waals surface area contributed by atoms with E-state index in [9.17, 15) is 4.79 Å². The SMILES string of the molecule is CC(C(=O)O)c1ncc(Br)s1. The van der Waals surface area contributed by atoms with Gasteiger partial charge in [-0.1, -0.05) is 0 Å². The van der Waals surface area contributed by atoms with Gasteiger partial charge in [-0.15, -0.1) is 11.3 Å². The van der Waals surface area contributed by atoms with Crippen LogP contribution in [-0.4, -0.2) is 16.1 Å². The maximum absolute atomic E-state index is 10.5. The third-order valence-corrected chi connectivity index (χ3v) is 2.90. The number of thiazole rings is 1. The molecule has 0 amide bonds. The zero-order valence-electron chi connectivity index (χ0n) is 5.74. The number of hydrogen-bond donors (Lipinski definition) is 1. The number of carboxylic acids is 1. The highest BCUT2D eigenvalue weighted by Crippen LogP contribution is 2.25. The van der Waals surface area contributed by atoms with E-state index in [1.165, 1.54) is 11.3 Å². The summed E-state index contributed by atoms with van der Waals surface area (Å²) in [5, 5.41) is 9.23. The van der Waals surface area contributed by atoms with Crippen LogP contribution in [0.3, 0.4) is 0 Å². The Balaban J connectivity index is 2.84. The second kappa shape index (κ2) is 3.32. The van der Waals surface area contributed by atoms with Crippen molar-refractivity contribution < 1.29 is 9.90 Å². The molecule has 0 aliphatic rings. The lowest BCUT2D eigenvalue weighted by atomic mass is 10.2. The number of hydrogen-bond acceptors (Lipinski definition) is 3. The van der Waals surface area contributed by atoms with Crippen LogP contribution in [0.15, 0.2) is 9.98 Å². The van der Waals surface area contributed by atoms with Crippen LogP contribution >= 0.6 is 27.3 Å². The highest BCUT2D eigenvalue weighted by molar-refractivity contribution is 9.11. The topological polar surface area (TPSA) is 50.2 Å². The Morgan fingerprint density at radius 2 is 2.55 bits per heavy atom. The summed E-state index contributed by atoms with van der Waals surface area (Å²) in [5.41, 5.74) is 0. The van der Waals surface area contributed by atoms with E-state index >= 15 is 0 Å². The van der Waals surface area contributed by atoms with E-state index in [0.717, 1.165) is 3.79 Å². The summed E-state index contributed by atoms with van der Waals surface area (Å²) in [6.45, 7) is 1.62. The number of rotatable bonds is 2. The highest BCUT2D eigenvalue weighted by atomic mass is 79.9. The number of aliphatic carboxylic acids is 1. The van der Waals surface area contributed by atoms with Gasteiger partial charge in [0.15, 0.2) is 0 Å². The molecule has 1 heterocycles. The number of carboxylic acid groups (broad SMARTS) is 1. The standard InChI is InChI=1S/C6H6BrNO2S/c1-3(6(9)10)5-8-2-4(7)11-5/h2-3H,1H3,(H,9,10). The van der Waals surface area contributed by atoms with E-state index in [2.05, 4.69) is 20.9 Å². The Morgan fingerprint density at radius 3 is 2.91 bits per heavy atom. The van der Waals surface area contributed by atoms with Crippen molar-refractivity contribution in [1.82, 2.24) is 4.98 Å². The van der Waals surface area contributed by atoms with Gasteiger partial charge in [-0.05, 0) is 22.9 Å². The highest BCUT2D eigenvalue weighted by Gasteiger charge is 2.16. The van der Waals surface area contributed by atoms with Crippen LogP contribution in [0.25, 0.3) is 0 Å². The van der Waals surface area contributed by atoms with E-state index in [1.54, 1.807) is 13.1 Å². The van der Waals surface area contributed by atoms with Gasteiger partial charge in [0.2, 0.25) is 0 Å². The molecule has 0 aliphatic heterocycles. The molecule has 0 radical (unpaired) electrons. The Morgan fingerprint density at radius 1 is 1.91 bits per heavy atom. The fraction of sp³-hybridized carbons (Fsp3) is 0.333. The third-order valence-electron chi connectivity index (χ3n) is 1.24. The molecular formula is C6H6BrNO2S. The molecule has 1 unspecified atom stereocenters. The smallest absolute Gasteiger partial charge is 0.313 e. The summed E-state index contributed by atoms with van der Waals surface area (Å²) in [5.74, 6) is -1.35. The van der Waals surface area contributed by atoms with E-state index in [0.29, 0.717) is 5.01 Å². The average Bonchev–Trinajstić information content (AvgIpc) is 2.34. The van der Waals surface area contributed by atoms with Gasteiger partial charge < -0.3 is 5.11 Å². The maximum atomic E-state index is 10.5. The van der Waals surface area contributed by atoms with Crippen LogP contribution in [0.4, 0.5) is 0 Å². The molecular weight excluding hydrogens is 230 g/mol. The Kier molecular flexibility index (Phi) is 2.62. The van der Waals surface area contributed by atoms with Crippen LogP contribution in [0, 0.1) is 0 Å². The lowest BCUT2D eigenvalue weighted by molar-refractivity contribution is -0.138. The van der Waals surface area contributed by atoms with Gasteiger partial charge in [0.25, 0.3) is 0 Å². The first-order valence-corrected chi connectivity index (χ1v) is 4.56. The maximum Gasteiger partial charge on any atom is 0.313 e. The molecule has 1 rings (SSSR count). The van der Waals surface area contributed by atoms with E-state index in [1.807, 2.05) is 0 Å². The van der Waals surface area contributed by atoms with Crippen molar-refractivity contribution in [2.24, 2.45) is 0 Å².